The maximum atomic E-state index is 13.4. The van der Waals surface area contributed by atoms with E-state index >= 15 is 0 Å². The van der Waals surface area contributed by atoms with Gasteiger partial charge in [0.2, 0.25) is 0 Å². The maximum Gasteiger partial charge on any atom is 0.265 e. The number of sulfone groups is 1. The SMILES string of the molecule is Cl.O=C(NO)C1(S(=O)(=O)c2ccc(Oc3ccccc3)cc2)CCN(C2CC2)CC1. The van der Waals surface area contributed by atoms with Crippen molar-refractivity contribution in [2.24, 2.45) is 0 Å². The summed E-state index contributed by atoms with van der Waals surface area (Å²) >= 11 is 0. The molecule has 0 unspecified atom stereocenters. The highest BCUT2D eigenvalue weighted by Crippen LogP contribution is 2.39. The summed E-state index contributed by atoms with van der Waals surface area (Å²) in [5.41, 5.74) is 1.59. The number of hydroxylamine groups is 1. The minimum absolute atomic E-state index is 0. The van der Waals surface area contributed by atoms with Gasteiger partial charge in [-0.3, -0.25) is 10.0 Å². The molecule has 2 aliphatic rings. The molecule has 2 aromatic carbocycles. The smallest absolute Gasteiger partial charge is 0.265 e. The van der Waals surface area contributed by atoms with Crippen LogP contribution in [0, 0.1) is 0 Å². The zero-order valence-electron chi connectivity index (χ0n) is 16.4. The van der Waals surface area contributed by atoms with Gasteiger partial charge in [-0.05, 0) is 62.1 Å². The number of hydrogen-bond donors (Lipinski definition) is 2. The molecule has 0 radical (unpaired) electrons. The van der Waals surface area contributed by atoms with Crippen LogP contribution in [-0.2, 0) is 14.6 Å². The minimum Gasteiger partial charge on any atom is -0.457 e. The van der Waals surface area contributed by atoms with Gasteiger partial charge in [0.15, 0.2) is 14.6 Å². The molecule has 7 nitrogen and oxygen atoms in total. The van der Waals surface area contributed by atoms with Gasteiger partial charge in [-0.2, -0.15) is 0 Å². The molecule has 0 spiro atoms. The molecular formula is C21H25ClN2O5S. The van der Waals surface area contributed by atoms with Crippen LogP contribution in [0.25, 0.3) is 0 Å². The third kappa shape index (κ3) is 4.18. The summed E-state index contributed by atoms with van der Waals surface area (Å²) in [5, 5.41) is 9.26. The molecule has 1 heterocycles. The normalized spacial score (nSPS) is 18.8. The molecule has 1 saturated carbocycles. The fourth-order valence-corrected chi connectivity index (χ4v) is 5.90. The van der Waals surface area contributed by atoms with E-state index in [1.54, 1.807) is 29.7 Å². The lowest BCUT2D eigenvalue weighted by atomic mass is 9.94. The summed E-state index contributed by atoms with van der Waals surface area (Å²) < 4.78 is 30.9. The lowest BCUT2D eigenvalue weighted by Gasteiger charge is -2.39. The van der Waals surface area contributed by atoms with Crippen molar-refractivity contribution in [1.29, 1.82) is 0 Å². The van der Waals surface area contributed by atoms with E-state index in [-0.39, 0.29) is 30.1 Å². The van der Waals surface area contributed by atoms with E-state index in [9.17, 15) is 18.4 Å². The van der Waals surface area contributed by atoms with E-state index in [0.29, 0.717) is 30.6 Å². The lowest BCUT2D eigenvalue weighted by Crippen LogP contribution is -2.58. The first-order valence-corrected chi connectivity index (χ1v) is 11.2. The van der Waals surface area contributed by atoms with Crippen molar-refractivity contribution in [1.82, 2.24) is 10.4 Å². The summed E-state index contributed by atoms with van der Waals surface area (Å²) in [6.07, 6.45) is 2.55. The van der Waals surface area contributed by atoms with Crippen molar-refractivity contribution in [2.45, 2.75) is 41.4 Å². The number of piperidine rings is 1. The first kappa shape index (κ1) is 22.6. The van der Waals surface area contributed by atoms with Gasteiger partial charge in [0.1, 0.15) is 11.5 Å². The Hall–Kier alpha value is -2.13. The van der Waals surface area contributed by atoms with Crippen LogP contribution in [0.5, 0.6) is 11.5 Å². The second kappa shape index (κ2) is 8.93. The molecule has 30 heavy (non-hydrogen) atoms. The number of likely N-dealkylation sites (tertiary alicyclic amines) is 1. The topological polar surface area (TPSA) is 95.9 Å². The Morgan fingerprint density at radius 3 is 2.10 bits per heavy atom. The Morgan fingerprint density at radius 2 is 1.57 bits per heavy atom. The second-order valence-corrected chi connectivity index (χ2v) is 9.85. The predicted molar refractivity (Wildman–Crippen MR) is 114 cm³/mol. The number of amides is 1. The van der Waals surface area contributed by atoms with Gasteiger partial charge >= 0.3 is 0 Å². The number of carbonyl (C=O) groups is 1. The molecule has 1 aliphatic heterocycles. The summed E-state index contributed by atoms with van der Waals surface area (Å²) in [6, 6.07) is 15.7. The van der Waals surface area contributed by atoms with Crippen LogP contribution in [0.1, 0.15) is 25.7 Å². The van der Waals surface area contributed by atoms with Crippen LogP contribution in [0.15, 0.2) is 59.5 Å². The molecule has 4 rings (SSSR count). The molecule has 1 amide bonds. The number of carbonyl (C=O) groups excluding carboxylic acids is 1. The third-order valence-electron chi connectivity index (χ3n) is 5.81. The van der Waals surface area contributed by atoms with Crippen LogP contribution in [-0.4, -0.2) is 48.3 Å². The average Bonchev–Trinajstić information content (AvgIpc) is 3.60. The molecule has 162 valence electrons. The molecular weight excluding hydrogens is 428 g/mol. The molecule has 2 fully saturated rings. The molecule has 2 aromatic rings. The molecule has 2 N–H and O–H groups in total. The Morgan fingerprint density at radius 1 is 1.00 bits per heavy atom. The molecule has 0 aromatic heterocycles. The largest absolute Gasteiger partial charge is 0.457 e. The van der Waals surface area contributed by atoms with Crippen LogP contribution in [0.4, 0.5) is 0 Å². The van der Waals surface area contributed by atoms with Crippen molar-refractivity contribution in [3.05, 3.63) is 54.6 Å². The van der Waals surface area contributed by atoms with Gasteiger partial charge < -0.3 is 9.64 Å². The first-order chi connectivity index (χ1) is 14.0. The van der Waals surface area contributed by atoms with Crippen LogP contribution in [0.2, 0.25) is 0 Å². The van der Waals surface area contributed by atoms with Crippen LogP contribution in [0.3, 0.4) is 0 Å². The Balaban J connectivity index is 0.00000256. The predicted octanol–water partition coefficient (Wildman–Crippen LogP) is 3.18. The second-order valence-electron chi connectivity index (χ2n) is 7.59. The van der Waals surface area contributed by atoms with Crippen molar-refractivity contribution in [3.8, 4) is 11.5 Å². The molecule has 1 saturated heterocycles. The average molecular weight is 453 g/mol. The van der Waals surface area contributed by atoms with E-state index in [1.165, 1.54) is 12.1 Å². The number of rotatable bonds is 6. The minimum atomic E-state index is -4.01. The summed E-state index contributed by atoms with van der Waals surface area (Å²) in [4.78, 5) is 14.8. The van der Waals surface area contributed by atoms with E-state index in [2.05, 4.69) is 4.90 Å². The highest BCUT2D eigenvalue weighted by molar-refractivity contribution is 7.93. The van der Waals surface area contributed by atoms with E-state index < -0.39 is 20.5 Å². The number of hydrogen-bond acceptors (Lipinski definition) is 6. The van der Waals surface area contributed by atoms with Gasteiger partial charge in [0.25, 0.3) is 5.91 Å². The van der Waals surface area contributed by atoms with Gasteiger partial charge in [-0.15, -0.1) is 12.4 Å². The van der Waals surface area contributed by atoms with Crippen LogP contribution < -0.4 is 10.2 Å². The summed E-state index contributed by atoms with van der Waals surface area (Å²) in [6.45, 7) is 1.04. The third-order valence-corrected chi connectivity index (χ3v) is 8.33. The lowest BCUT2D eigenvalue weighted by molar-refractivity contribution is -0.133. The number of benzene rings is 2. The standard InChI is InChI=1S/C21H24N2O5S.ClH/c24-20(22-25)21(12-14-23(15-13-21)16-6-7-16)29(26,27)19-10-8-18(9-11-19)28-17-4-2-1-3-5-17;/h1-5,8-11,16,25H,6-7,12-15H2,(H,22,24);1H. The number of para-hydroxylation sites is 1. The maximum absolute atomic E-state index is 13.4. The number of ether oxygens (including phenoxy) is 1. The summed E-state index contributed by atoms with van der Waals surface area (Å²) in [5.74, 6) is 0.281. The zero-order valence-corrected chi connectivity index (χ0v) is 18.0. The van der Waals surface area contributed by atoms with Gasteiger partial charge in [0, 0.05) is 19.1 Å². The zero-order chi connectivity index (χ0) is 20.5. The van der Waals surface area contributed by atoms with Crippen molar-refractivity contribution in [2.75, 3.05) is 13.1 Å². The molecule has 0 bridgehead atoms. The Kier molecular flexibility index (Phi) is 6.71. The van der Waals surface area contributed by atoms with Crippen LogP contribution >= 0.6 is 12.4 Å². The van der Waals surface area contributed by atoms with Gasteiger partial charge in [-0.25, -0.2) is 13.9 Å². The van der Waals surface area contributed by atoms with Crippen molar-refractivity contribution < 1.29 is 23.2 Å². The monoisotopic (exact) mass is 452 g/mol. The molecule has 9 heteroatoms. The quantitative estimate of drug-likeness (QED) is 0.516. The number of nitrogens with zero attached hydrogens (tertiary/aromatic N) is 1. The van der Waals surface area contributed by atoms with E-state index in [1.807, 2.05) is 18.2 Å². The van der Waals surface area contributed by atoms with E-state index in [4.69, 9.17) is 4.74 Å². The van der Waals surface area contributed by atoms with Gasteiger partial charge in [-0.1, -0.05) is 18.2 Å². The fourth-order valence-electron chi connectivity index (χ4n) is 3.95. The summed E-state index contributed by atoms with van der Waals surface area (Å²) in [7, 11) is -4.01. The van der Waals surface area contributed by atoms with Gasteiger partial charge in [0.05, 0.1) is 4.90 Å². The number of halogens is 1. The Labute approximate surface area is 182 Å². The highest BCUT2D eigenvalue weighted by atomic mass is 35.5. The van der Waals surface area contributed by atoms with E-state index in [0.717, 1.165) is 12.8 Å². The van der Waals surface area contributed by atoms with Crippen molar-refractivity contribution >= 4 is 28.2 Å². The molecule has 1 aliphatic carbocycles. The Bertz CT molecular complexity index is 970. The molecule has 0 atom stereocenters. The first-order valence-electron chi connectivity index (χ1n) is 9.72. The highest BCUT2D eigenvalue weighted by Gasteiger charge is 2.53. The van der Waals surface area contributed by atoms with Crippen molar-refractivity contribution in [3.63, 3.8) is 0 Å². The number of nitrogens with one attached hydrogen (secondary N) is 1. The fraction of sp³-hybridized carbons (Fsp3) is 0.381.